The quantitative estimate of drug-likeness (QED) is 0.720. The SMILES string of the molecule is COc1ccccc1OCC(C)NC(=S)Nc1cccc(C(F)(F)F)c1. The van der Waals surface area contributed by atoms with Crippen LogP contribution < -0.4 is 20.1 Å². The standard InChI is InChI=1S/C18H19F3N2O2S/c1-12(11-25-16-9-4-3-8-15(16)24-2)22-17(26)23-14-7-5-6-13(10-14)18(19,20)21/h3-10,12H,11H2,1-2H3,(H2,22,23,26). The summed E-state index contributed by atoms with van der Waals surface area (Å²) in [6.45, 7) is 2.14. The number of halogens is 3. The van der Waals surface area contributed by atoms with Gasteiger partial charge in [0, 0.05) is 5.69 Å². The molecule has 0 saturated carbocycles. The molecule has 0 spiro atoms. The molecule has 1 atom stereocenters. The molecule has 0 radical (unpaired) electrons. The number of thiocarbonyl (C=S) groups is 1. The number of anilines is 1. The van der Waals surface area contributed by atoms with Gasteiger partial charge in [0.15, 0.2) is 16.6 Å². The van der Waals surface area contributed by atoms with Gasteiger partial charge in [0.2, 0.25) is 0 Å². The highest BCUT2D eigenvalue weighted by molar-refractivity contribution is 7.80. The van der Waals surface area contributed by atoms with Gasteiger partial charge in [-0.3, -0.25) is 0 Å². The van der Waals surface area contributed by atoms with Crippen LogP contribution >= 0.6 is 12.2 Å². The lowest BCUT2D eigenvalue weighted by Gasteiger charge is -2.19. The molecular weight excluding hydrogens is 365 g/mol. The third kappa shape index (κ3) is 5.80. The fourth-order valence-electron chi connectivity index (χ4n) is 2.16. The van der Waals surface area contributed by atoms with Crippen molar-refractivity contribution < 1.29 is 22.6 Å². The van der Waals surface area contributed by atoms with Crippen molar-refractivity contribution in [2.24, 2.45) is 0 Å². The molecular formula is C18H19F3N2O2S. The fraction of sp³-hybridized carbons (Fsp3) is 0.278. The van der Waals surface area contributed by atoms with Crippen LogP contribution in [-0.2, 0) is 6.18 Å². The van der Waals surface area contributed by atoms with E-state index in [1.807, 2.05) is 19.1 Å². The molecule has 0 saturated heterocycles. The summed E-state index contributed by atoms with van der Waals surface area (Å²) in [6, 6.07) is 11.9. The summed E-state index contributed by atoms with van der Waals surface area (Å²) in [6.07, 6.45) is -4.40. The molecule has 140 valence electrons. The molecule has 2 aromatic rings. The maximum atomic E-state index is 12.7. The molecule has 2 rings (SSSR count). The average Bonchev–Trinajstić information content (AvgIpc) is 2.59. The summed E-state index contributed by atoms with van der Waals surface area (Å²) in [5, 5.41) is 5.92. The molecule has 0 aliphatic carbocycles. The van der Waals surface area contributed by atoms with Gasteiger partial charge in [0.25, 0.3) is 0 Å². The molecule has 0 amide bonds. The molecule has 26 heavy (non-hydrogen) atoms. The van der Waals surface area contributed by atoms with Crippen molar-refractivity contribution in [3.8, 4) is 11.5 Å². The van der Waals surface area contributed by atoms with Crippen molar-refractivity contribution in [1.82, 2.24) is 5.32 Å². The first-order valence-electron chi connectivity index (χ1n) is 7.80. The minimum atomic E-state index is -4.40. The van der Waals surface area contributed by atoms with Crippen LogP contribution in [0, 0.1) is 0 Å². The minimum absolute atomic E-state index is 0.175. The Morgan fingerprint density at radius 2 is 1.81 bits per heavy atom. The maximum Gasteiger partial charge on any atom is 0.416 e. The third-order valence-electron chi connectivity index (χ3n) is 3.38. The van der Waals surface area contributed by atoms with E-state index in [0.29, 0.717) is 18.1 Å². The lowest BCUT2D eigenvalue weighted by atomic mass is 10.2. The predicted molar refractivity (Wildman–Crippen MR) is 98.8 cm³/mol. The predicted octanol–water partition coefficient (Wildman–Crippen LogP) is 4.47. The second kappa shape index (κ2) is 8.75. The smallest absolute Gasteiger partial charge is 0.416 e. The minimum Gasteiger partial charge on any atom is -0.493 e. The van der Waals surface area contributed by atoms with Crippen LogP contribution in [0.1, 0.15) is 12.5 Å². The summed E-state index contributed by atoms with van der Waals surface area (Å²) in [4.78, 5) is 0. The number of methoxy groups -OCH3 is 1. The van der Waals surface area contributed by atoms with E-state index >= 15 is 0 Å². The molecule has 0 fully saturated rings. The highest BCUT2D eigenvalue weighted by Gasteiger charge is 2.30. The summed E-state index contributed by atoms with van der Waals surface area (Å²) < 4.78 is 49.1. The Morgan fingerprint density at radius 1 is 1.12 bits per heavy atom. The third-order valence-corrected chi connectivity index (χ3v) is 3.60. The Balaban J connectivity index is 1.87. The van der Waals surface area contributed by atoms with Crippen molar-refractivity contribution in [2.75, 3.05) is 19.0 Å². The van der Waals surface area contributed by atoms with Crippen LogP contribution in [0.2, 0.25) is 0 Å². The Labute approximate surface area is 155 Å². The lowest BCUT2D eigenvalue weighted by molar-refractivity contribution is -0.137. The van der Waals surface area contributed by atoms with Gasteiger partial charge in [-0.2, -0.15) is 13.2 Å². The van der Waals surface area contributed by atoms with E-state index in [-0.39, 0.29) is 16.8 Å². The molecule has 1 unspecified atom stereocenters. The monoisotopic (exact) mass is 384 g/mol. The molecule has 0 aliphatic heterocycles. The van der Waals surface area contributed by atoms with Gasteiger partial charge in [-0.25, -0.2) is 0 Å². The van der Waals surface area contributed by atoms with Gasteiger partial charge in [-0.15, -0.1) is 0 Å². The lowest BCUT2D eigenvalue weighted by Crippen LogP contribution is -2.39. The van der Waals surface area contributed by atoms with Gasteiger partial charge in [0.05, 0.1) is 18.7 Å². The van der Waals surface area contributed by atoms with E-state index in [1.165, 1.54) is 12.1 Å². The zero-order valence-corrected chi connectivity index (χ0v) is 15.1. The number of hydrogen-bond donors (Lipinski definition) is 2. The molecule has 2 aromatic carbocycles. The molecule has 0 heterocycles. The molecule has 0 aliphatic rings. The number of alkyl halides is 3. The Morgan fingerprint density at radius 3 is 2.46 bits per heavy atom. The molecule has 4 nitrogen and oxygen atoms in total. The first kappa shape index (κ1) is 19.8. The van der Waals surface area contributed by atoms with E-state index in [9.17, 15) is 13.2 Å². The summed E-state index contributed by atoms with van der Waals surface area (Å²) in [5.74, 6) is 1.21. The van der Waals surface area contributed by atoms with E-state index < -0.39 is 11.7 Å². The highest BCUT2D eigenvalue weighted by Crippen LogP contribution is 2.30. The summed E-state index contributed by atoms with van der Waals surface area (Å²) in [7, 11) is 1.55. The number of rotatable bonds is 6. The van der Waals surface area contributed by atoms with Gasteiger partial charge >= 0.3 is 6.18 Å². The van der Waals surface area contributed by atoms with Gasteiger partial charge < -0.3 is 20.1 Å². The van der Waals surface area contributed by atoms with Crippen LogP contribution in [-0.4, -0.2) is 24.9 Å². The Bertz CT molecular complexity index is 753. The van der Waals surface area contributed by atoms with Crippen LogP contribution in [0.5, 0.6) is 11.5 Å². The second-order valence-electron chi connectivity index (χ2n) is 5.54. The first-order chi connectivity index (χ1) is 12.3. The average molecular weight is 384 g/mol. The van der Waals surface area contributed by atoms with Gasteiger partial charge in [-0.05, 0) is 49.5 Å². The van der Waals surface area contributed by atoms with E-state index in [0.717, 1.165) is 12.1 Å². The first-order valence-corrected chi connectivity index (χ1v) is 8.21. The Hall–Kier alpha value is -2.48. The van der Waals surface area contributed by atoms with Crippen molar-refractivity contribution in [3.63, 3.8) is 0 Å². The summed E-state index contributed by atoms with van der Waals surface area (Å²) >= 11 is 5.14. The van der Waals surface area contributed by atoms with Crippen LogP contribution in [0.25, 0.3) is 0 Å². The summed E-state index contributed by atoms with van der Waals surface area (Å²) in [5.41, 5.74) is -0.479. The normalized spacial score (nSPS) is 12.2. The fourth-order valence-corrected chi connectivity index (χ4v) is 2.48. The number of para-hydroxylation sites is 2. The molecule has 0 aromatic heterocycles. The zero-order chi connectivity index (χ0) is 19.2. The Kier molecular flexibility index (Phi) is 6.68. The van der Waals surface area contributed by atoms with Crippen molar-refractivity contribution in [3.05, 3.63) is 54.1 Å². The number of hydrogen-bond acceptors (Lipinski definition) is 3. The van der Waals surface area contributed by atoms with Crippen molar-refractivity contribution >= 4 is 23.0 Å². The molecule has 2 N–H and O–H groups in total. The highest BCUT2D eigenvalue weighted by atomic mass is 32.1. The van der Waals surface area contributed by atoms with Crippen LogP contribution in [0.15, 0.2) is 48.5 Å². The van der Waals surface area contributed by atoms with Crippen molar-refractivity contribution in [1.29, 1.82) is 0 Å². The van der Waals surface area contributed by atoms with Crippen molar-refractivity contribution in [2.45, 2.75) is 19.1 Å². The van der Waals surface area contributed by atoms with Crippen LogP contribution in [0.3, 0.4) is 0 Å². The molecule has 8 heteroatoms. The zero-order valence-electron chi connectivity index (χ0n) is 14.3. The number of benzene rings is 2. The van der Waals surface area contributed by atoms with E-state index in [1.54, 1.807) is 19.2 Å². The molecule has 0 bridgehead atoms. The second-order valence-corrected chi connectivity index (χ2v) is 5.95. The van der Waals surface area contributed by atoms with Gasteiger partial charge in [-0.1, -0.05) is 18.2 Å². The largest absolute Gasteiger partial charge is 0.493 e. The maximum absolute atomic E-state index is 12.7. The topological polar surface area (TPSA) is 42.5 Å². The van der Waals surface area contributed by atoms with E-state index in [4.69, 9.17) is 21.7 Å². The number of ether oxygens (including phenoxy) is 2. The number of nitrogens with one attached hydrogen (secondary N) is 2. The van der Waals surface area contributed by atoms with E-state index in [2.05, 4.69) is 10.6 Å². The van der Waals surface area contributed by atoms with Crippen LogP contribution in [0.4, 0.5) is 18.9 Å². The van der Waals surface area contributed by atoms with Gasteiger partial charge in [0.1, 0.15) is 6.61 Å².